The monoisotopic (exact) mass is 830 g/mol. The Hall–Kier alpha value is -5.95. The van der Waals surface area contributed by atoms with Crippen molar-refractivity contribution < 1.29 is 19.5 Å². The molecule has 4 N–H and O–H groups in total. The fourth-order valence-electron chi connectivity index (χ4n) is 8.38. The predicted octanol–water partition coefficient (Wildman–Crippen LogP) is 9.08. The van der Waals surface area contributed by atoms with Gasteiger partial charge in [0, 0.05) is 28.7 Å². The summed E-state index contributed by atoms with van der Waals surface area (Å²) in [6.45, 7) is 1.13. The number of amides is 3. The highest BCUT2D eigenvalue weighted by Crippen LogP contribution is 2.38. The van der Waals surface area contributed by atoms with Gasteiger partial charge in [-0.15, -0.1) is 0 Å². The number of rotatable bonds is 11. The second-order valence-electron chi connectivity index (χ2n) is 15.2. The zero-order valence-corrected chi connectivity index (χ0v) is 34.1. The van der Waals surface area contributed by atoms with E-state index in [1.807, 2.05) is 66.5 Å². The number of halogens is 2. The molecule has 4 atom stereocenters. The van der Waals surface area contributed by atoms with Crippen molar-refractivity contribution in [2.24, 2.45) is 0 Å². The Balaban J connectivity index is 0.935. The lowest BCUT2D eigenvalue weighted by Crippen LogP contribution is -2.42. The van der Waals surface area contributed by atoms with E-state index in [2.05, 4.69) is 56.7 Å². The molecule has 0 bridgehead atoms. The normalized spacial score (nSPS) is 17.6. The summed E-state index contributed by atoms with van der Waals surface area (Å²) in [5.74, 6) is 1.05. The Morgan fingerprint density at radius 2 is 1.12 bits per heavy atom. The van der Waals surface area contributed by atoms with Gasteiger partial charge in [0.05, 0.1) is 35.9 Å². The first-order valence-corrected chi connectivity index (χ1v) is 20.4. The number of hydrogen-bond donors (Lipinski definition) is 4. The van der Waals surface area contributed by atoms with Crippen LogP contribution in [0.2, 0.25) is 10.0 Å². The van der Waals surface area contributed by atoms with E-state index >= 15 is 0 Å². The molecule has 2 aromatic heterocycles. The van der Waals surface area contributed by atoms with E-state index < -0.39 is 18.2 Å². The average Bonchev–Trinajstić information content (AvgIpc) is 4.08. The molecular weight excluding hydrogens is 787 g/mol. The topological polar surface area (TPSA) is 151 Å². The van der Waals surface area contributed by atoms with E-state index in [9.17, 15) is 19.5 Å². The largest absolute Gasteiger partial charge is 0.465 e. The number of likely N-dealkylation sites (N-methyl/N-ethyl adjacent to an activating group) is 1. The molecule has 14 heteroatoms. The smallest absolute Gasteiger partial charge is 0.405 e. The van der Waals surface area contributed by atoms with E-state index in [1.165, 1.54) is 0 Å². The first kappa shape index (κ1) is 39.9. The Kier molecular flexibility index (Phi) is 11.6. The fraction of sp³-hybridized carbons (Fsp3) is 0.267. The van der Waals surface area contributed by atoms with Gasteiger partial charge in [-0.05, 0) is 79.7 Å². The van der Waals surface area contributed by atoms with Crippen LogP contribution in [-0.4, -0.2) is 84.8 Å². The van der Waals surface area contributed by atoms with Gasteiger partial charge in [0.25, 0.3) is 5.91 Å². The number of imidazole rings is 2. The minimum Gasteiger partial charge on any atom is -0.465 e. The minimum absolute atomic E-state index is 0.00916. The molecule has 8 rings (SSSR count). The molecule has 2 aliphatic heterocycles. The Bertz CT molecular complexity index is 2470. The third-order valence-electron chi connectivity index (χ3n) is 11.3. The van der Waals surface area contributed by atoms with Gasteiger partial charge in [-0.3, -0.25) is 14.5 Å². The van der Waals surface area contributed by atoms with Gasteiger partial charge in [-0.25, -0.2) is 14.8 Å². The van der Waals surface area contributed by atoms with Crippen LogP contribution < -0.4 is 5.32 Å². The lowest BCUT2D eigenvalue weighted by Gasteiger charge is -2.32. The molecule has 59 heavy (non-hydrogen) atoms. The number of H-pyrrole nitrogens is 2. The predicted molar refractivity (Wildman–Crippen MR) is 228 cm³/mol. The van der Waals surface area contributed by atoms with Crippen LogP contribution in [0.5, 0.6) is 0 Å². The number of carbonyl (C=O) groups is 3. The maximum atomic E-state index is 14.0. The highest BCUT2D eigenvalue weighted by atomic mass is 35.5. The van der Waals surface area contributed by atoms with E-state index in [4.69, 9.17) is 28.2 Å². The van der Waals surface area contributed by atoms with E-state index in [0.29, 0.717) is 40.9 Å². The first-order valence-electron chi connectivity index (χ1n) is 19.6. The molecule has 0 saturated carbocycles. The molecule has 0 spiro atoms. The van der Waals surface area contributed by atoms with Gasteiger partial charge in [0.15, 0.2) is 0 Å². The Morgan fingerprint density at radius 1 is 0.678 bits per heavy atom. The summed E-state index contributed by atoms with van der Waals surface area (Å²) in [5.41, 5.74) is 6.91. The zero-order chi connectivity index (χ0) is 41.2. The molecule has 6 aromatic rings. The van der Waals surface area contributed by atoms with Gasteiger partial charge >= 0.3 is 6.09 Å². The summed E-state index contributed by atoms with van der Waals surface area (Å²) in [5, 5.41) is 12.8. The molecule has 4 heterocycles. The molecule has 12 nitrogen and oxygen atoms in total. The van der Waals surface area contributed by atoms with Crippen LogP contribution in [0, 0.1) is 0 Å². The summed E-state index contributed by atoms with van der Waals surface area (Å²) in [6, 6.07) is 28.6. The number of aromatic nitrogens is 4. The van der Waals surface area contributed by atoms with Crippen LogP contribution in [0.15, 0.2) is 109 Å². The van der Waals surface area contributed by atoms with Crippen LogP contribution in [0.25, 0.3) is 33.6 Å². The van der Waals surface area contributed by atoms with Crippen molar-refractivity contribution in [3.05, 3.63) is 142 Å². The number of carboxylic acid groups (broad SMARTS) is 1. The number of benzene rings is 4. The molecule has 3 amide bonds. The quantitative estimate of drug-likeness (QED) is 0.102. The summed E-state index contributed by atoms with van der Waals surface area (Å²) in [6.07, 6.45) is 5.46. The van der Waals surface area contributed by atoms with Gasteiger partial charge in [0.2, 0.25) is 5.91 Å². The van der Waals surface area contributed by atoms with Crippen molar-refractivity contribution in [1.82, 2.24) is 40.0 Å². The summed E-state index contributed by atoms with van der Waals surface area (Å²) in [7, 11) is 3.80. The second-order valence-corrected chi connectivity index (χ2v) is 16.0. The maximum Gasteiger partial charge on any atom is 0.405 e. The van der Waals surface area contributed by atoms with Crippen molar-refractivity contribution in [2.75, 3.05) is 27.2 Å². The standard InChI is InChI=1S/C45H44Cl2N8O4/c1-53(2)40(32-10-4-6-12-34(32)47)44(57)55-24-8-14-38(55)42-49-26-36(51-42)30-21-17-28(18-22-30)27-15-19-29(20-16-27)35-25-48-41(50-35)37-13-7-23-54(37)43(56)39(52-45(58)59)31-9-3-5-11-33(31)46/h3-6,9-12,15-22,25-26,37-40,52H,7-8,13-14,23-24H2,1-2H3,(H,48,50)(H,49,51)(H,58,59)/t37-,38-,39+,40+/m0/s1. The van der Waals surface area contributed by atoms with Crippen molar-refractivity contribution in [1.29, 1.82) is 0 Å². The second kappa shape index (κ2) is 17.1. The molecule has 0 radical (unpaired) electrons. The number of nitrogens with zero attached hydrogens (tertiary/aromatic N) is 5. The summed E-state index contributed by atoms with van der Waals surface area (Å²) < 4.78 is 0. The molecule has 302 valence electrons. The minimum atomic E-state index is -1.31. The van der Waals surface area contributed by atoms with Gasteiger partial charge in [-0.2, -0.15) is 0 Å². The molecule has 0 aliphatic carbocycles. The number of likely N-dealkylation sites (tertiary alicyclic amines) is 2. The zero-order valence-electron chi connectivity index (χ0n) is 32.6. The van der Waals surface area contributed by atoms with Crippen molar-refractivity contribution >= 4 is 41.1 Å². The Labute approximate surface area is 352 Å². The van der Waals surface area contributed by atoms with Gasteiger partial charge in [0.1, 0.15) is 23.7 Å². The van der Waals surface area contributed by atoms with E-state index in [-0.39, 0.29) is 23.9 Å². The molecule has 2 saturated heterocycles. The number of hydrogen-bond acceptors (Lipinski definition) is 6. The molecule has 4 aromatic carbocycles. The van der Waals surface area contributed by atoms with Crippen LogP contribution in [-0.2, 0) is 9.59 Å². The number of carbonyl (C=O) groups excluding carboxylic acids is 2. The molecule has 2 aliphatic rings. The van der Waals surface area contributed by atoms with Crippen LogP contribution in [0.1, 0.15) is 72.6 Å². The van der Waals surface area contributed by atoms with Crippen LogP contribution in [0.4, 0.5) is 4.79 Å². The van der Waals surface area contributed by atoms with E-state index in [0.717, 1.165) is 64.3 Å². The SMILES string of the molecule is CN(C)[C@@H](C(=O)N1CCC[C@H]1c1ncc(-c2ccc(-c3ccc(-c4cnc([C@@H]5CCCN5C(=O)[C@H](NC(=O)O)c5ccccc5Cl)[nH]4)cc3)cc2)[nH]1)c1ccccc1Cl. The highest BCUT2D eigenvalue weighted by molar-refractivity contribution is 6.32. The fourth-order valence-corrected chi connectivity index (χ4v) is 8.86. The maximum absolute atomic E-state index is 14.0. The number of nitrogens with one attached hydrogen (secondary N) is 3. The van der Waals surface area contributed by atoms with Crippen LogP contribution >= 0.6 is 23.2 Å². The molecule has 2 fully saturated rings. The van der Waals surface area contributed by atoms with Gasteiger partial charge in [-0.1, -0.05) is 108 Å². The highest BCUT2D eigenvalue weighted by Gasteiger charge is 2.39. The molecular formula is C45H44Cl2N8O4. The third-order valence-corrected chi connectivity index (χ3v) is 12.0. The average molecular weight is 832 g/mol. The molecule has 0 unspecified atom stereocenters. The number of aromatic amines is 2. The first-order chi connectivity index (χ1) is 28.6. The van der Waals surface area contributed by atoms with E-state index in [1.54, 1.807) is 35.4 Å². The van der Waals surface area contributed by atoms with Crippen molar-refractivity contribution in [2.45, 2.75) is 49.9 Å². The third kappa shape index (κ3) is 8.21. The summed E-state index contributed by atoms with van der Waals surface area (Å²) >= 11 is 12.9. The Morgan fingerprint density at radius 3 is 1.58 bits per heavy atom. The van der Waals surface area contributed by atoms with Crippen molar-refractivity contribution in [3.8, 4) is 33.6 Å². The van der Waals surface area contributed by atoms with Crippen molar-refractivity contribution in [3.63, 3.8) is 0 Å². The summed E-state index contributed by atoms with van der Waals surface area (Å²) in [4.78, 5) is 61.4. The van der Waals surface area contributed by atoms with Crippen LogP contribution in [0.3, 0.4) is 0 Å². The lowest BCUT2D eigenvalue weighted by molar-refractivity contribution is -0.137. The lowest BCUT2D eigenvalue weighted by atomic mass is 10.0. The van der Waals surface area contributed by atoms with Gasteiger partial charge < -0.3 is 30.2 Å².